The molecule has 2 heterocycles. The van der Waals surface area contributed by atoms with Gasteiger partial charge in [0.15, 0.2) is 0 Å². The molecule has 3 aromatic rings. The van der Waals surface area contributed by atoms with E-state index in [0.29, 0.717) is 16.7 Å². The summed E-state index contributed by atoms with van der Waals surface area (Å²) in [6.45, 7) is 2.45. The lowest BCUT2D eigenvalue weighted by Gasteiger charge is -2.17. The SMILES string of the molecule is CCC(NC(=O)CSc1nnnn1Cc1ccco1)c1ccc(Cl)cc1. The van der Waals surface area contributed by atoms with Gasteiger partial charge < -0.3 is 9.73 Å². The van der Waals surface area contributed by atoms with Crippen molar-refractivity contribution in [2.24, 2.45) is 0 Å². The summed E-state index contributed by atoms with van der Waals surface area (Å²) in [5.74, 6) is 0.893. The standard InChI is InChI=1S/C17H18ClN5O2S/c1-2-15(12-5-7-13(18)8-6-12)19-16(24)11-26-17-20-21-22-23(17)10-14-4-3-9-25-14/h3-9,15H,2,10-11H2,1H3,(H,19,24). The average molecular weight is 392 g/mol. The Labute approximate surface area is 160 Å². The van der Waals surface area contributed by atoms with E-state index in [4.69, 9.17) is 16.0 Å². The highest BCUT2D eigenvalue weighted by Gasteiger charge is 2.15. The first-order valence-corrected chi connectivity index (χ1v) is 9.48. The fourth-order valence-corrected chi connectivity index (χ4v) is 3.25. The minimum Gasteiger partial charge on any atom is -0.467 e. The second kappa shape index (κ2) is 8.86. The molecule has 0 fully saturated rings. The van der Waals surface area contributed by atoms with Crippen LogP contribution >= 0.6 is 23.4 Å². The number of hydrogen-bond donors (Lipinski definition) is 1. The molecule has 136 valence electrons. The molecule has 0 radical (unpaired) electrons. The van der Waals surface area contributed by atoms with Gasteiger partial charge in [-0.15, -0.1) is 5.10 Å². The Balaban J connectivity index is 1.55. The second-order valence-corrected chi connectivity index (χ2v) is 6.95. The van der Waals surface area contributed by atoms with Crippen molar-refractivity contribution in [2.75, 3.05) is 5.75 Å². The van der Waals surface area contributed by atoms with Gasteiger partial charge in [0.25, 0.3) is 0 Å². The van der Waals surface area contributed by atoms with Crippen molar-refractivity contribution >= 4 is 29.3 Å². The van der Waals surface area contributed by atoms with Crippen LogP contribution in [0.3, 0.4) is 0 Å². The average Bonchev–Trinajstić information content (AvgIpc) is 3.31. The first-order valence-electron chi connectivity index (χ1n) is 8.12. The maximum atomic E-state index is 12.3. The Morgan fingerprint density at radius 2 is 2.15 bits per heavy atom. The number of nitrogens with zero attached hydrogens (tertiary/aromatic N) is 4. The van der Waals surface area contributed by atoms with Gasteiger partial charge in [-0.3, -0.25) is 4.79 Å². The van der Waals surface area contributed by atoms with Crippen LogP contribution in [-0.2, 0) is 11.3 Å². The van der Waals surface area contributed by atoms with Gasteiger partial charge in [0.1, 0.15) is 12.3 Å². The number of halogens is 1. The molecule has 26 heavy (non-hydrogen) atoms. The first kappa shape index (κ1) is 18.5. The van der Waals surface area contributed by atoms with Crippen molar-refractivity contribution in [3.05, 3.63) is 59.0 Å². The van der Waals surface area contributed by atoms with E-state index in [9.17, 15) is 4.79 Å². The Morgan fingerprint density at radius 3 is 2.85 bits per heavy atom. The van der Waals surface area contributed by atoms with Gasteiger partial charge in [-0.25, -0.2) is 4.68 Å². The monoisotopic (exact) mass is 391 g/mol. The number of amides is 1. The van der Waals surface area contributed by atoms with Crippen LogP contribution in [0.15, 0.2) is 52.2 Å². The molecule has 9 heteroatoms. The number of thioether (sulfide) groups is 1. The molecule has 3 rings (SSSR count). The third kappa shape index (κ3) is 4.86. The molecule has 7 nitrogen and oxygen atoms in total. The molecule has 1 aromatic carbocycles. The lowest BCUT2D eigenvalue weighted by Crippen LogP contribution is -2.29. The van der Waals surface area contributed by atoms with E-state index in [1.54, 1.807) is 10.9 Å². The fraction of sp³-hybridized carbons (Fsp3) is 0.294. The van der Waals surface area contributed by atoms with Crippen molar-refractivity contribution in [3.63, 3.8) is 0 Å². The Hall–Kier alpha value is -2.32. The molecule has 1 amide bonds. The summed E-state index contributed by atoms with van der Waals surface area (Å²) in [4.78, 5) is 12.3. The largest absolute Gasteiger partial charge is 0.467 e. The summed E-state index contributed by atoms with van der Waals surface area (Å²) in [5, 5.41) is 15.8. The number of benzene rings is 1. The van der Waals surface area contributed by atoms with Gasteiger partial charge in [-0.05, 0) is 46.7 Å². The molecule has 1 atom stereocenters. The number of carbonyl (C=O) groups is 1. The van der Waals surface area contributed by atoms with Crippen LogP contribution in [0.25, 0.3) is 0 Å². The maximum Gasteiger partial charge on any atom is 0.230 e. The highest BCUT2D eigenvalue weighted by molar-refractivity contribution is 7.99. The van der Waals surface area contributed by atoms with Crippen molar-refractivity contribution < 1.29 is 9.21 Å². The molecule has 0 saturated carbocycles. The number of rotatable bonds is 8. The molecule has 2 aromatic heterocycles. The summed E-state index contributed by atoms with van der Waals surface area (Å²) in [5.41, 5.74) is 1.03. The third-order valence-electron chi connectivity index (χ3n) is 3.73. The van der Waals surface area contributed by atoms with Crippen molar-refractivity contribution in [2.45, 2.75) is 31.1 Å². The molecular formula is C17H18ClN5O2S. The maximum absolute atomic E-state index is 12.3. The summed E-state index contributed by atoms with van der Waals surface area (Å²) in [6, 6.07) is 11.1. The molecule has 0 saturated heterocycles. The molecule has 1 unspecified atom stereocenters. The Bertz CT molecular complexity index is 835. The van der Waals surface area contributed by atoms with Crippen LogP contribution in [0.2, 0.25) is 5.02 Å². The smallest absolute Gasteiger partial charge is 0.230 e. The quantitative estimate of drug-likeness (QED) is 0.593. The van der Waals surface area contributed by atoms with Crippen molar-refractivity contribution in [3.8, 4) is 0 Å². The number of aromatic nitrogens is 4. The van der Waals surface area contributed by atoms with Gasteiger partial charge in [0.05, 0.1) is 18.1 Å². The predicted octanol–water partition coefficient (Wildman–Crippen LogP) is 3.33. The zero-order valence-corrected chi connectivity index (χ0v) is 15.7. The minimum atomic E-state index is -0.0793. The fourth-order valence-electron chi connectivity index (χ4n) is 2.43. The predicted molar refractivity (Wildman–Crippen MR) is 99.0 cm³/mol. The molecule has 0 spiro atoms. The van der Waals surface area contributed by atoms with Crippen molar-refractivity contribution in [1.82, 2.24) is 25.5 Å². The Kier molecular flexibility index (Phi) is 6.30. The van der Waals surface area contributed by atoms with Crippen LogP contribution in [0.5, 0.6) is 0 Å². The molecule has 1 N–H and O–H groups in total. The number of tetrazole rings is 1. The van der Waals surface area contributed by atoms with Gasteiger partial charge in [0.2, 0.25) is 11.1 Å². The Morgan fingerprint density at radius 1 is 1.35 bits per heavy atom. The summed E-state index contributed by atoms with van der Waals surface area (Å²) in [6.07, 6.45) is 2.38. The molecular weight excluding hydrogens is 374 g/mol. The molecule has 0 aliphatic heterocycles. The summed E-state index contributed by atoms with van der Waals surface area (Å²) in [7, 11) is 0. The molecule has 0 aliphatic carbocycles. The van der Waals surface area contributed by atoms with Crippen molar-refractivity contribution in [1.29, 1.82) is 0 Å². The van der Waals surface area contributed by atoms with Crippen LogP contribution in [0.1, 0.15) is 30.7 Å². The van der Waals surface area contributed by atoms with Gasteiger partial charge in [0, 0.05) is 5.02 Å². The molecule has 0 aliphatic rings. The molecule has 0 bridgehead atoms. The van der Waals surface area contributed by atoms with Crippen LogP contribution in [0.4, 0.5) is 0 Å². The summed E-state index contributed by atoms with van der Waals surface area (Å²) >= 11 is 7.20. The lowest BCUT2D eigenvalue weighted by molar-refractivity contribution is -0.119. The topological polar surface area (TPSA) is 85.8 Å². The van der Waals surface area contributed by atoms with E-state index in [1.165, 1.54) is 11.8 Å². The van der Waals surface area contributed by atoms with E-state index >= 15 is 0 Å². The number of furan rings is 1. The highest BCUT2D eigenvalue weighted by atomic mass is 35.5. The zero-order valence-electron chi connectivity index (χ0n) is 14.1. The van der Waals surface area contributed by atoms with Gasteiger partial charge >= 0.3 is 0 Å². The second-order valence-electron chi connectivity index (χ2n) is 5.57. The zero-order chi connectivity index (χ0) is 18.4. The third-order valence-corrected chi connectivity index (χ3v) is 4.94. The summed E-state index contributed by atoms with van der Waals surface area (Å²) < 4.78 is 6.90. The van der Waals surface area contributed by atoms with E-state index in [1.807, 2.05) is 43.3 Å². The van der Waals surface area contributed by atoms with Crippen LogP contribution in [-0.4, -0.2) is 31.9 Å². The van der Waals surface area contributed by atoms with Gasteiger partial charge in [-0.1, -0.05) is 42.4 Å². The van der Waals surface area contributed by atoms with E-state index in [-0.39, 0.29) is 17.7 Å². The lowest BCUT2D eigenvalue weighted by atomic mass is 10.0. The number of carbonyl (C=O) groups excluding carboxylic acids is 1. The van der Waals surface area contributed by atoms with E-state index in [0.717, 1.165) is 17.7 Å². The highest BCUT2D eigenvalue weighted by Crippen LogP contribution is 2.20. The van der Waals surface area contributed by atoms with Crippen LogP contribution in [0, 0.1) is 0 Å². The number of hydrogen-bond acceptors (Lipinski definition) is 6. The van der Waals surface area contributed by atoms with E-state index < -0.39 is 0 Å². The van der Waals surface area contributed by atoms with Gasteiger partial charge in [-0.2, -0.15) is 0 Å². The normalized spacial score (nSPS) is 12.1. The number of nitrogens with one attached hydrogen (secondary N) is 1. The first-order chi connectivity index (χ1) is 12.7. The van der Waals surface area contributed by atoms with Crippen LogP contribution < -0.4 is 5.32 Å². The van der Waals surface area contributed by atoms with E-state index in [2.05, 4.69) is 20.8 Å². The minimum absolute atomic E-state index is 0.0560.